The van der Waals surface area contributed by atoms with Crippen molar-refractivity contribution >= 4 is 16.5 Å². The molecule has 5 heteroatoms. The maximum absolute atomic E-state index is 9.81. The Hall–Kier alpha value is -0.650. The van der Waals surface area contributed by atoms with E-state index in [9.17, 15) is 5.11 Å². The summed E-state index contributed by atoms with van der Waals surface area (Å²) in [6, 6.07) is 1.20. The van der Waals surface area contributed by atoms with Crippen molar-refractivity contribution in [3.63, 3.8) is 0 Å². The van der Waals surface area contributed by atoms with Gasteiger partial charge in [0.05, 0.1) is 16.7 Å². The van der Waals surface area contributed by atoms with E-state index >= 15 is 0 Å². The molecule has 0 aromatic carbocycles. The van der Waals surface area contributed by atoms with Gasteiger partial charge in [-0.05, 0) is 40.2 Å². The largest absolute Gasteiger partial charge is 0.388 e. The van der Waals surface area contributed by atoms with Crippen LogP contribution in [0.2, 0.25) is 0 Å². The summed E-state index contributed by atoms with van der Waals surface area (Å²) in [6.07, 6.45) is 3.62. The molecule has 2 aliphatic heterocycles. The van der Waals surface area contributed by atoms with E-state index in [0.29, 0.717) is 12.1 Å². The van der Waals surface area contributed by atoms with E-state index < -0.39 is 6.10 Å². The number of hydrogen-bond donors (Lipinski definition) is 1. The van der Waals surface area contributed by atoms with Crippen molar-refractivity contribution in [2.24, 2.45) is 0 Å². The lowest BCUT2D eigenvalue weighted by Crippen LogP contribution is -2.58. The first-order valence-electron chi connectivity index (χ1n) is 7.72. The van der Waals surface area contributed by atoms with Crippen molar-refractivity contribution in [3.8, 4) is 0 Å². The Balaban J connectivity index is 1.80. The number of anilines is 1. The molecule has 1 aromatic heterocycles. The summed E-state index contributed by atoms with van der Waals surface area (Å²) < 4.78 is 0. The Labute approximate surface area is 125 Å². The highest BCUT2D eigenvalue weighted by molar-refractivity contribution is 7.15. The maximum Gasteiger partial charge on any atom is 0.186 e. The normalized spacial score (nSPS) is 29.3. The van der Waals surface area contributed by atoms with Gasteiger partial charge in [-0.15, -0.1) is 0 Å². The van der Waals surface area contributed by atoms with Crippen LogP contribution in [-0.2, 0) is 0 Å². The van der Waals surface area contributed by atoms with E-state index in [1.54, 1.807) is 11.3 Å². The molecule has 0 saturated carbocycles. The fourth-order valence-electron chi connectivity index (χ4n) is 3.52. The minimum absolute atomic E-state index is 0.410. The zero-order valence-corrected chi connectivity index (χ0v) is 13.5. The first-order valence-corrected chi connectivity index (χ1v) is 8.54. The number of aromatic nitrogens is 1. The molecule has 20 heavy (non-hydrogen) atoms. The third-order valence-corrected chi connectivity index (χ3v) is 6.00. The lowest BCUT2D eigenvalue weighted by molar-refractivity contribution is 0.115. The second kappa shape index (κ2) is 5.62. The van der Waals surface area contributed by atoms with Crippen LogP contribution < -0.4 is 4.90 Å². The van der Waals surface area contributed by atoms with Crippen LogP contribution in [-0.4, -0.2) is 46.7 Å². The van der Waals surface area contributed by atoms with Crippen LogP contribution in [0.5, 0.6) is 0 Å². The first kappa shape index (κ1) is 14.3. The molecule has 0 aliphatic carbocycles. The predicted molar refractivity (Wildman–Crippen MR) is 83.5 cm³/mol. The molecule has 3 atom stereocenters. The molecule has 3 unspecified atom stereocenters. The molecular formula is C15H25N3OS. The van der Waals surface area contributed by atoms with E-state index in [4.69, 9.17) is 4.98 Å². The van der Waals surface area contributed by atoms with Gasteiger partial charge >= 0.3 is 0 Å². The average molecular weight is 295 g/mol. The third-order valence-electron chi connectivity index (χ3n) is 4.63. The number of rotatable bonds is 2. The van der Waals surface area contributed by atoms with E-state index in [-0.39, 0.29) is 0 Å². The van der Waals surface area contributed by atoms with Crippen LogP contribution in [0, 0.1) is 6.92 Å². The van der Waals surface area contributed by atoms with Gasteiger partial charge in [0.2, 0.25) is 0 Å². The fourth-order valence-corrected chi connectivity index (χ4v) is 4.64. The molecule has 1 aromatic rings. The van der Waals surface area contributed by atoms with Crippen LogP contribution >= 0.6 is 11.3 Å². The summed E-state index contributed by atoms with van der Waals surface area (Å²) in [4.78, 5) is 10.8. The lowest BCUT2D eigenvalue weighted by atomic mass is 9.97. The summed E-state index contributed by atoms with van der Waals surface area (Å²) >= 11 is 1.66. The molecule has 2 aliphatic rings. The van der Waals surface area contributed by atoms with E-state index in [1.807, 2.05) is 13.8 Å². The Morgan fingerprint density at radius 2 is 2.15 bits per heavy atom. The van der Waals surface area contributed by atoms with E-state index in [2.05, 4.69) is 16.7 Å². The standard InChI is InChI=1S/C15H25N3OS/c1-10-8-17-7-5-4-6-13(17)9-18(10)15-16-11(2)14(20-15)12(3)19/h10,12-13,19H,4-9H2,1-3H3. The van der Waals surface area contributed by atoms with Crippen LogP contribution in [0.3, 0.4) is 0 Å². The molecule has 4 nitrogen and oxygen atoms in total. The molecule has 0 amide bonds. The first-order chi connectivity index (χ1) is 9.56. The van der Waals surface area contributed by atoms with Crippen molar-refractivity contribution in [1.82, 2.24) is 9.88 Å². The molecule has 0 spiro atoms. The fraction of sp³-hybridized carbons (Fsp3) is 0.800. The highest BCUT2D eigenvalue weighted by Gasteiger charge is 2.34. The second-order valence-corrected chi connectivity index (χ2v) is 7.28. The minimum Gasteiger partial charge on any atom is -0.388 e. The Morgan fingerprint density at radius 1 is 1.35 bits per heavy atom. The Bertz CT molecular complexity index is 474. The second-order valence-electron chi connectivity index (χ2n) is 6.27. The maximum atomic E-state index is 9.81. The molecule has 3 heterocycles. The number of hydrogen-bond acceptors (Lipinski definition) is 5. The van der Waals surface area contributed by atoms with Crippen molar-refractivity contribution in [3.05, 3.63) is 10.6 Å². The van der Waals surface area contributed by atoms with Crippen LogP contribution in [0.25, 0.3) is 0 Å². The minimum atomic E-state index is -0.410. The molecular weight excluding hydrogens is 270 g/mol. The number of piperidine rings is 1. The lowest BCUT2D eigenvalue weighted by Gasteiger charge is -2.47. The van der Waals surface area contributed by atoms with Crippen LogP contribution in [0.4, 0.5) is 5.13 Å². The quantitative estimate of drug-likeness (QED) is 0.910. The van der Waals surface area contributed by atoms with Crippen molar-refractivity contribution in [2.45, 2.75) is 58.2 Å². The predicted octanol–water partition coefficient (Wildman–Crippen LogP) is 2.57. The summed E-state index contributed by atoms with van der Waals surface area (Å²) in [5, 5.41) is 10.9. The Morgan fingerprint density at radius 3 is 2.85 bits per heavy atom. The van der Waals surface area contributed by atoms with E-state index in [0.717, 1.165) is 28.8 Å². The van der Waals surface area contributed by atoms with Crippen molar-refractivity contribution in [1.29, 1.82) is 0 Å². The smallest absolute Gasteiger partial charge is 0.186 e. The number of aryl methyl sites for hydroxylation is 1. The number of nitrogens with zero attached hydrogens (tertiary/aromatic N) is 3. The van der Waals surface area contributed by atoms with Gasteiger partial charge in [0.1, 0.15) is 0 Å². The molecule has 0 radical (unpaired) electrons. The van der Waals surface area contributed by atoms with Gasteiger partial charge in [-0.2, -0.15) is 0 Å². The van der Waals surface area contributed by atoms with Gasteiger partial charge in [0, 0.05) is 25.2 Å². The monoisotopic (exact) mass is 295 g/mol. The number of aliphatic hydroxyl groups is 1. The van der Waals surface area contributed by atoms with Gasteiger partial charge in [0.25, 0.3) is 0 Å². The molecule has 112 valence electrons. The molecule has 2 fully saturated rings. The molecule has 1 N–H and O–H groups in total. The SMILES string of the molecule is Cc1nc(N2CC3CCCCN3CC2C)sc1C(C)O. The van der Waals surface area contributed by atoms with Gasteiger partial charge in [0.15, 0.2) is 5.13 Å². The van der Waals surface area contributed by atoms with Crippen molar-refractivity contribution in [2.75, 3.05) is 24.5 Å². The van der Waals surface area contributed by atoms with Crippen LogP contribution in [0.15, 0.2) is 0 Å². The number of fused-ring (bicyclic) bond motifs is 1. The highest BCUT2D eigenvalue weighted by Crippen LogP contribution is 2.34. The average Bonchev–Trinajstić information content (AvgIpc) is 2.80. The molecule has 3 rings (SSSR count). The zero-order valence-electron chi connectivity index (χ0n) is 12.7. The summed E-state index contributed by atoms with van der Waals surface area (Å²) in [5.74, 6) is 0. The summed E-state index contributed by atoms with van der Waals surface area (Å²) in [6.45, 7) is 9.62. The van der Waals surface area contributed by atoms with Gasteiger partial charge < -0.3 is 10.0 Å². The third kappa shape index (κ3) is 2.59. The van der Waals surface area contributed by atoms with Gasteiger partial charge in [-0.1, -0.05) is 17.8 Å². The Kier molecular flexibility index (Phi) is 4.02. The van der Waals surface area contributed by atoms with Crippen molar-refractivity contribution < 1.29 is 5.11 Å². The van der Waals surface area contributed by atoms with E-state index in [1.165, 1.54) is 25.8 Å². The number of piperazine rings is 1. The number of aliphatic hydroxyl groups excluding tert-OH is 1. The summed E-state index contributed by atoms with van der Waals surface area (Å²) in [7, 11) is 0. The topological polar surface area (TPSA) is 39.6 Å². The van der Waals surface area contributed by atoms with Gasteiger partial charge in [-0.25, -0.2) is 4.98 Å². The molecule has 2 saturated heterocycles. The summed E-state index contributed by atoms with van der Waals surface area (Å²) in [5.41, 5.74) is 0.985. The number of thiazole rings is 1. The van der Waals surface area contributed by atoms with Gasteiger partial charge in [-0.3, -0.25) is 4.90 Å². The zero-order chi connectivity index (χ0) is 14.3. The highest BCUT2D eigenvalue weighted by atomic mass is 32.1. The molecule has 0 bridgehead atoms. The van der Waals surface area contributed by atoms with Crippen LogP contribution in [0.1, 0.15) is 49.8 Å².